The van der Waals surface area contributed by atoms with Crippen molar-refractivity contribution in [2.24, 2.45) is 0 Å². The maximum Gasteiger partial charge on any atom is 0.230 e. The average Bonchev–Trinajstić information content (AvgIpc) is 3.07. The Bertz CT molecular complexity index is 961. The number of nitrogens with two attached hydrogens (primary N) is 1. The molecular formula is C19H20ClN5O2S. The van der Waals surface area contributed by atoms with Gasteiger partial charge in [-0.25, -0.2) is 4.68 Å². The number of nitrogens with zero attached hydrogens (tertiary/aromatic N) is 3. The van der Waals surface area contributed by atoms with E-state index < -0.39 is 0 Å². The first kappa shape index (κ1) is 20.0. The van der Waals surface area contributed by atoms with E-state index in [0.29, 0.717) is 16.0 Å². The lowest BCUT2D eigenvalue weighted by Gasteiger charge is -2.15. The van der Waals surface area contributed by atoms with Gasteiger partial charge in [-0.1, -0.05) is 41.6 Å². The highest BCUT2D eigenvalue weighted by molar-refractivity contribution is 7.99. The molecule has 7 nitrogen and oxygen atoms in total. The van der Waals surface area contributed by atoms with Crippen LogP contribution in [0.3, 0.4) is 0 Å². The number of methoxy groups -OCH3 is 1. The van der Waals surface area contributed by atoms with Gasteiger partial charge in [0.15, 0.2) is 5.82 Å². The fourth-order valence-corrected chi connectivity index (χ4v) is 3.60. The minimum Gasteiger partial charge on any atom is -0.497 e. The molecule has 28 heavy (non-hydrogen) atoms. The van der Waals surface area contributed by atoms with Gasteiger partial charge in [0.2, 0.25) is 11.1 Å². The van der Waals surface area contributed by atoms with Crippen molar-refractivity contribution in [2.75, 3.05) is 18.7 Å². The third kappa shape index (κ3) is 4.58. The van der Waals surface area contributed by atoms with Crippen LogP contribution in [0.25, 0.3) is 11.4 Å². The molecule has 3 rings (SSSR count). The van der Waals surface area contributed by atoms with Crippen molar-refractivity contribution in [1.82, 2.24) is 20.2 Å². The molecule has 3 aromatic rings. The lowest BCUT2D eigenvalue weighted by Crippen LogP contribution is -2.28. The van der Waals surface area contributed by atoms with Crippen LogP contribution in [0.2, 0.25) is 5.02 Å². The Morgan fingerprint density at radius 1 is 1.25 bits per heavy atom. The monoisotopic (exact) mass is 417 g/mol. The Morgan fingerprint density at radius 2 is 1.96 bits per heavy atom. The highest BCUT2D eigenvalue weighted by atomic mass is 35.5. The van der Waals surface area contributed by atoms with Crippen LogP contribution in [0.5, 0.6) is 5.75 Å². The van der Waals surface area contributed by atoms with E-state index in [1.165, 1.54) is 16.4 Å². The summed E-state index contributed by atoms with van der Waals surface area (Å²) in [7, 11) is 1.60. The Balaban J connectivity index is 1.61. The van der Waals surface area contributed by atoms with E-state index in [1.54, 1.807) is 13.2 Å². The van der Waals surface area contributed by atoms with Crippen molar-refractivity contribution in [3.05, 3.63) is 59.1 Å². The third-order valence-corrected chi connectivity index (χ3v) is 5.38. The summed E-state index contributed by atoms with van der Waals surface area (Å²) in [5.74, 6) is 7.36. The standard InChI is InChI=1S/C19H20ClN5O2S/c1-12(15-5-3-4-6-16(15)20)22-17(26)11-28-19-24-23-18(25(19)21)13-7-9-14(27-2)10-8-13/h3-10,12H,11,21H2,1-2H3,(H,22,26)/t12-/m0/s1. The molecule has 0 radical (unpaired) electrons. The van der Waals surface area contributed by atoms with E-state index in [0.717, 1.165) is 16.9 Å². The van der Waals surface area contributed by atoms with Gasteiger partial charge < -0.3 is 15.9 Å². The van der Waals surface area contributed by atoms with E-state index in [2.05, 4.69) is 15.5 Å². The number of carbonyl (C=O) groups excluding carboxylic acids is 1. The number of nitrogens with one attached hydrogen (secondary N) is 1. The van der Waals surface area contributed by atoms with Crippen LogP contribution in [0.4, 0.5) is 0 Å². The average molecular weight is 418 g/mol. The molecule has 0 bridgehead atoms. The molecule has 0 aliphatic heterocycles. The smallest absolute Gasteiger partial charge is 0.230 e. The van der Waals surface area contributed by atoms with Crippen LogP contribution in [0.1, 0.15) is 18.5 Å². The zero-order valence-corrected chi connectivity index (χ0v) is 17.0. The highest BCUT2D eigenvalue weighted by Gasteiger charge is 2.16. The number of ether oxygens (including phenoxy) is 1. The van der Waals surface area contributed by atoms with Crippen LogP contribution >= 0.6 is 23.4 Å². The summed E-state index contributed by atoms with van der Waals surface area (Å²) in [5, 5.41) is 12.2. The largest absolute Gasteiger partial charge is 0.497 e. The van der Waals surface area contributed by atoms with Gasteiger partial charge in [0.25, 0.3) is 0 Å². The molecular weight excluding hydrogens is 398 g/mol. The summed E-state index contributed by atoms with van der Waals surface area (Å²) in [6, 6.07) is 14.6. The molecule has 0 aliphatic rings. The maximum atomic E-state index is 12.3. The number of carbonyl (C=O) groups is 1. The number of benzene rings is 2. The predicted octanol–water partition coefficient (Wildman–Crippen LogP) is 3.29. The fourth-order valence-electron chi connectivity index (χ4n) is 2.63. The van der Waals surface area contributed by atoms with Crippen LogP contribution in [0, 0.1) is 0 Å². The van der Waals surface area contributed by atoms with E-state index in [-0.39, 0.29) is 17.7 Å². The van der Waals surface area contributed by atoms with Gasteiger partial charge in [-0.15, -0.1) is 10.2 Å². The van der Waals surface area contributed by atoms with Gasteiger partial charge in [-0.3, -0.25) is 4.79 Å². The van der Waals surface area contributed by atoms with Gasteiger partial charge in [0.05, 0.1) is 18.9 Å². The summed E-state index contributed by atoms with van der Waals surface area (Å²) in [4.78, 5) is 12.3. The molecule has 1 aromatic heterocycles. The summed E-state index contributed by atoms with van der Waals surface area (Å²) in [6.07, 6.45) is 0. The van der Waals surface area contributed by atoms with Crippen LogP contribution in [-0.4, -0.2) is 33.6 Å². The SMILES string of the molecule is COc1ccc(-c2nnc(SCC(=O)N[C@@H](C)c3ccccc3Cl)n2N)cc1. The van der Waals surface area contributed by atoms with Crippen LogP contribution in [0.15, 0.2) is 53.7 Å². The van der Waals surface area contributed by atoms with Gasteiger partial charge in [-0.2, -0.15) is 0 Å². The second-order valence-corrected chi connectivity index (χ2v) is 7.35. The Hall–Kier alpha value is -2.71. The maximum absolute atomic E-state index is 12.3. The van der Waals surface area contributed by atoms with Crippen molar-refractivity contribution in [3.63, 3.8) is 0 Å². The predicted molar refractivity (Wildman–Crippen MR) is 111 cm³/mol. The normalized spacial score (nSPS) is 11.8. The summed E-state index contributed by atoms with van der Waals surface area (Å²) >= 11 is 7.39. The van der Waals surface area contributed by atoms with Gasteiger partial charge in [0, 0.05) is 10.6 Å². The summed E-state index contributed by atoms with van der Waals surface area (Å²) in [5.41, 5.74) is 1.67. The quantitative estimate of drug-likeness (QED) is 0.452. The minimum absolute atomic E-state index is 0.147. The van der Waals surface area contributed by atoms with E-state index in [1.807, 2.05) is 49.4 Å². The lowest BCUT2D eigenvalue weighted by atomic mass is 10.1. The summed E-state index contributed by atoms with van der Waals surface area (Å²) < 4.78 is 6.52. The first-order chi connectivity index (χ1) is 13.5. The minimum atomic E-state index is -0.201. The van der Waals surface area contributed by atoms with Crippen LogP contribution < -0.4 is 15.9 Å². The molecule has 9 heteroatoms. The molecule has 3 N–H and O–H groups in total. The third-order valence-electron chi connectivity index (χ3n) is 4.09. The highest BCUT2D eigenvalue weighted by Crippen LogP contribution is 2.24. The number of hydrogen-bond acceptors (Lipinski definition) is 6. The van der Waals surface area contributed by atoms with Gasteiger partial charge in [0.1, 0.15) is 5.75 Å². The molecule has 146 valence electrons. The number of halogens is 1. The molecule has 1 heterocycles. The molecule has 1 amide bonds. The molecule has 0 fully saturated rings. The first-order valence-corrected chi connectivity index (χ1v) is 9.87. The van der Waals surface area contributed by atoms with E-state index in [4.69, 9.17) is 22.2 Å². The molecule has 2 aromatic carbocycles. The number of nitrogen functional groups attached to an aromatic ring is 1. The van der Waals surface area contributed by atoms with Crippen LogP contribution in [-0.2, 0) is 4.79 Å². The van der Waals surface area contributed by atoms with Gasteiger partial charge in [-0.05, 0) is 42.8 Å². The lowest BCUT2D eigenvalue weighted by molar-refractivity contribution is -0.119. The molecule has 0 saturated heterocycles. The van der Waals surface area contributed by atoms with Crippen molar-refractivity contribution in [1.29, 1.82) is 0 Å². The fraction of sp³-hybridized carbons (Fsp3) is 0.211. The molecule has 0 unspecified atom stereocenters. The molecule has 0 spiro atoms. The zero-order valence-electron chi connectivity index (χ0n) is 15.4. The molecule has 0 saturated carbocycles. The first-order valence-electron chi connectivity index (χ1n) is 8.51. The number of amides is 1. The number of aromatic nitrogens is 3. The van der Waals surface area contributed by atoms with E-state index >= 15 is 0 Å². The number of hydrogen-bond donors (Lipinski definition) is 2. The number of thioether (sulfide) groups is 1. The molecule has 1 atom stereocenters. The number of rotatable bonds is 7. The van der Waals surface area contributed by atoms with Crippen molar-refractivity contribution >= 4 is 29.3 Å². The Morgan fingerprint density at radius 3 is 2.64 bits per heavy atom. The Kier molecular flexibility index (Phi) is 6.43. The second-order valence-electron chi connectivity index (χ2n) is 6.00. The second kappa shape index (κ2) is 8.99. The topological polar surface area (TPSA) is 95.1 Å². The van der Waals surface area contributed by atoms with E-state index in [9.17, 15) is 4.79 Å². The van der Waals surface area contributed by atoms with Crippen molar-refractivity contribution in [2.45, 2.75) is 18.1 Å². The summed E-state index contributed by atoms with van der Waals surface area (Å²) in [6.45, 7) is 1.89. The zero-order chi connectivity index (χ0) is 20.1. The Labute approximate surface area is 172 Å². The van der Waals surface area contributed by atoms with Gasteiger partial charge >= 0.3 is 0 Å². The molecule has 0 aliphatic carbocycles. The van der Waals surface area contributed by atoms with Crippen molar-refractivity contribution < 1.29 is 9.53 Å². The van der Waals surface area contributed by atoms with Crippen molar-refractivity contribution in [3.8, 4) is 17.1 Å².